The average Bonchev–Trinajstić information content (AvgIpc) is 3.09. The zero-order chi connectivity index (χ0) is 34.2. The molecule has 0 radical (unpaired) electrons. The molecular formula is C37H33N3O5S4. The molecule has 1 heterocycles. The Kier molecular flexibility index (Phi) is 11.6. The number of amides is 2. The first kappa shape index (κ1) is 34.6. The number of carbonyl (C=O) groups is 1. The summed E-state index contributed by atoms with van der Waals surface area (Å²) in [4.78, 5) is 31.9. The van der Waals surface area contributed by atoms with Crippen LogP contribution in [0.5, 0.6) is 11.5 Å². The summed E-state index contributed by atoms with van der Waals surface area (Å²) in [5.41, 5.74) is 0.955. The molecule has 1 aliphatic heterocycles. The van der Waals surface area contributed by atoms with Crippen molar-refractivity contribution in [1.82, 2.24) is 0 Å². The number of hydrogen-bond acceptors (Lipinski definition) is 9. The van der Waals surface area contributed by atoms with Crippen molar-refractivity contribution in [1.29, 1.82) is 0 Å². The number of anilines is 2. The van der Waals surface area contributed by atoms with E-state index in [4.69, 9.17) is 9.47 Å². The molecule has 0 unspecified atom stereocenters. The number of para-hydroxylation sites is 1. The van der Waals surface area contributed by atoms with Crippen LogP contribution in [0.4, 0.5) is 21.9 Å². The minimum Gasteiger partial charge on any atom is -0.491 e. The van der Waals surface area contributed by atoms with Crippen LogP contribution in [0.25, 0.3) is 0 Å². The summed E-state index contributed by atoms with van der Waals surface area (Å²) in [6, 6.07) is 32.1. The minimum absolute atomic E-state index is 0.0524. The van der Waals surface area contributed by atoms with Crippen LogP contribution >= 0.6 is 47.0 Å². The van der Waals surface area contributed by atoms with E-state index in [9.17, 15) is 14.9 Å². The first-order chi connectivity index (χ1) is 23.9. The predicted molar refractivity (Wildman–Crippen MR) is 200 cm³/mol. The lowest BCUT2D eigenvalue weighted by Gasteiger charge is -2.20. The van der Waals surface area contributed by atoms with Crippen molar-refractivity contribution in [3.63, 3.8) is 0 Å². The Balaban J connectivity index is 1.42. The van der Waals surface area contributed by atoms with Gasteiger partial charge >= 0.3 is 6.03 Å². The highest BCUT2D eigenvalue weighted by atomic mass is 32.2. The number of fused-ring (bicyclic) bond motifs is 8. The number of ether oxygens (including phenoxy) is 2. The molecule has 250 valence electrons. The number of carbonyl (C=O) groups excluding carboxylic acids is 1. The SMILES string of the molecule is CCCOc1c2cccc1Sc1cccc(c1)Sc1c(NC(=O)Nc3ccc([N+](=O)[O-])cc3)ccc(c1OCCC)Sc1cccc(c1)S2. The smallest absolute Gasteiger partial charge is 0.323 e. The van der Waals surface area contributed by atoms with Crippen LogP contribution in [0.3, 0.4) is 0 Å². The molecule has 0 aliphatic carbocycles. The molecule has 49 heavy (non-hydrogen) atoms. The van der Waals surface area contributed by atoms with Gasteiger partial charge in [0.25, 0.3) is 5.69 Å². The molecule has 12 heteroatoms. The first-order valence-corrected chi connectivity index (χ1v) is 19.0. The summed E-state index contributed by atoms with van der Waals surface area (Å²) in [6.45, 7) is 5.30. The molecule has 2 amide bonds. The third-order valence-electron chi connectivity index (χ3n) is 7.02. The van der Waals surface area contributed by atoms with Crippen molar-refractivity contribution in [2.24, 2.45) is 0 Å². The maximum Gasteiger partial charge on any atom is 0.323 e. The van der Waals surface area contributed by atoms with Gasteiger partial charge in [0.15, 0.2) is 0 Å². The Morgan fingerprint density at radius 1 is 0.653 bits per heavy atom. The Labute approximate surface area is 302 Å². The van der Waals surface area contributed by atoms with Gasteiger partial charge in [-0.2, -0.15) is 0 Å². The topological polar surface area (TPSA) is 103 Å². The maximum atomic E-state index is 13.3. The summed E-state index contributed by atoms with van der Waals surface area (Å²) in [6.07, 6.45) is 1.72. The minimum atomic E-state index is -0.479. The molecule has 5 aromatic rings. The van der Waals surface area contributed by atoms with E-state index in [-0.39, 0.29) is 5.69 Å². The monoisotopic (exact) mass is 727 g/mol. The Hall–Kier alpha value is -4.23. The zero-order valence-electron chi connectivity index (χ0n) is 26.8. The second-order valence-corrected chi connectivity index (χ2v) is 15.2. The zero-order valence-corrected chi connectivity index (χ0v) is 30.0. The van der Waals surface area contributed by atoms with Gasteiger partial charge in [0.2, 0.25) is 0 Å². The summed E-state index contributed by atoms with van der Waals surface area (Å²) >= 11 is 6.47. The largest absolute Gasteiger partial charge is 0.491 e. The molecule has 1 aliphatic rings. The van der Waals surface area contributed by atoms with Gasteiger partial charge in [0.05, 0.1) is 43.4 Å². The van der Waals surface area contributed by atoms with Crippen LogP contribution < -0.4 is 20.1 Å². The van der Waals surface area contributed by atoms with Crippen molar-refractivity contribution < 1.29 is 19.2 Å². The fraction of sp³-hybridized carbons (Fsp3) is 0.162. The lowest BCUT2D eigenvalue weighted by Crippen LogP contribution is -2.20. The molecule has 0 spiro atoms. The van der Waals surface area contributed by atoms with Crippen molar-refractivity contribution in [2.45, 2.75) is 65.9 Å². The summed E-state index contributed by atoms with van der Waals surface area (Å²) in [5.74, 6) is 1.57. The molecule has 2 N–H and O–H groups in total. The summed E-state index contributed by atoms with van der Waals surface area (Å²) < 4.78 is 12.8. The average molecular weight is 728 g/mol. The lowest BCUT2D eigenvalue weighted by molar-refractivity contribution is -0.384. The van der Waals surface area contributed by atoms with Crippen LogP contribution in [-0.2, 0) is 0 Å². The summed E-state index contributed by atoms with van der Waals surface area (Å²) in [5, 5.41) is 16.9. The van der Waals surface area contributed by atoms with Gasteiger partial charge in [-0.05, 0) is 85.6 Å². The van der Waals surface area contributed by atoms with E-state index in [1.54, 1.807) is 35.3 Å². The maximum absolute atomic E-state index is 13.3. The van der Waals surface area contributed by atoms with E-state index >= 15 is 0 Å². The second kappa shape index (κ2) is 16.4. The highest BCUT2D eigenvalue weighted by molar-refractivity contribution is 8.01. The van der Waals surface area contributed by atoms with E-state index in [0.717, 1.165) is 57.8 Å². The van der Waals surface area contributed by atoms with E-state index < -0.39 is 11.0 Å². The Morgan fingerprint density at radius 2 is 1.16 bits per heavy atom. The van der Waals surface area contributed by atoms with Crippen LogP contribution in [0.1, 0.15) is 26.7 Å². The third-order valence-corrected chi connectivity index (χ3v) is 11.2. The van der Waals surface area contributed by atoms with Crippen molar-refractivity contribution in [2.75, 3.05) is 23.8 Å². The Morgan fingerprint density at radius 3 is 1.71 bits per heavy atom. The highest BCUT2D eigenvalue weighted by Gasteiger charge is 2.21. The fourth-order valence-corrected chi connectivity index (χ4v) is 9.12. The molecule has 0 saturated heterocycles. The number of nitrogens with one attached hydrogen (secondary N) is 2. The number of non-ortho nitro benzene ring substituents is 1. The Bertz CT molecular complexity index is 1970. The standard InChI is InChI=1S/C37H33N3O5S4/c1-3-20-44-34-31-12-7-13-32(34)47-28-10-6-11-29(23-28)49-36-30(39-37(41)38-24-14-16-25(17-15-24)40(42)43)18-19-33(35(36)45-21-4-2)48-27-9-5-8-26(22-27)46-31/h5-19,22-23H,3-4,20-21H2,1-2H3,(H2,38,39,41). The molecule has 6 rings (SSSR count). The van der Waals surface area contributed by atoms with Gasteiger partial charge in [0, 0.05) is 37.4 Å². The molecular weight excluding hydrogens is 695 g/mol. The quantitative estimate of drug-likeness (QED) is 0.111. The number of nitro groups is 1. The van der Waals surface area contributed by atoms with Gasteiger partial charge in [-0.15, -0.1) is 0 Å². The normalized spacial score (nSPS) is 12.1. The molecule has 0 saturated carbocycles. The van der Waals surface area contributed by atoms with Crippen molar-refractivity contribution in [3.05, 3.63) is 113 Å². The number of rotatable bonds is 9. The molecule has 0 atom stereocenters. The van der Waals surface area contributed by atoms with Crippen molar-refractivity contribution >= 4 is 70.1 Å². The number of nitrogens with zero attached hydrogens (tertiary/aromatic N) is 1. The first-order valence-electron chi connectivity index (χ1n) is 15.7. The number of hydrogen-bond donors (Lipinski definition) is 2. The van der Waals surface area contributed by atoms with E-state index in [1.165, 1.54) is 36.0 Å². The van der Waals surface area contributed by atoms with Gasteiger partial charge in [0.1, 0.15) is 11.5 Å². The van der Waals surface area contributed by atoms with Crippen LogP contribution in [-0.4, -0.2) is 24.2 Å². The second-order valence-electron chi connectivity index (χ2n) is 10.8. The molecule has 8 bridgehead atoms. The van der Waals surface area contributed by atoms with E-state index in [2.05, 4.69) is 79.1 Å². The van der Waals surface area contributed by atoms with Gasteiger partial charge in [-0.25, -0.2) is 4.79 Å². The fourth-order valence-electron chi connectivity index (χ4n) is 4.82. The number of nitro benzene ring substituents is 1. The number of benzene rings is 5. The molecule has 0 fully saturated rings. The molecule has 5 aromatic carbocycles. The van der Waals surface area contributed by atoms with Crippen LogP contribution in [0.2, 0.25) is 0 Å². The number of urea groups is 1. The highest BCUT2D eigenvalue weighted by Crippen LogP contribution is 2.50. The lowest BCUT2D eigenvalue weighted by atomic mass is 10.3. The van der Waals surface area contributed by atoms with E-state index in [1.807, 2.05) is 24.3 Å². The molecule has 8 nitrogen and oxygen atoms in total. The van der Waals surface area contributed by atoms with Gasteiger partial charge < -0.3 is 20.1 Å². The van der Waals surface area contributed by atoms with Gasteiger partial charge in [-0.1, -0.05) is 79.1 Å². The molecule has 0 aromatic heterocycles. The van der Waals surface area contributed by atoms with E-state index in [0.29, 0.717) is 30.3 Å². The third kappa shape index (κ3) is 8.87. The summed E-state index contributed by atoms with van der Waals surface area (Å²) in [7, 11) is 0. The van der Waals surface area contributed by atoms with Crippen molar-refractivity contribution in [3.8, 4) is 11.5 Å². The van der Waals surface area contributed by atoms with Gasteiger partial charge in [-0.3, -0.25) is 10.1 Å². The predicted octanol–water partition coefficient (Wildman–Crippen LogP) is 11.7. The van der Waals surface area contributed by atoms with Crippen LogP contribution in [0, 0.1) is 10.1 Å². The van der Waals surface area contributed by atoms with Crippen LogP contribution in [0.15, 0.2) is 142 Å².